The molecule has 2 aromatic rings. The van der Waals surface area contributed by atoms with Gasteiger partial charge in [-0.3, -0.25) is 0 Å². The van der Waals surface area contributed by atoms with Crippen LogP contribution in [-0.4, -0.2) is 0 Å². The largest absolute Gasteiger partial charge is 0.486 e. The molecule has 81 valence electrons. The smallest absolute Gasteiger partial charge is 0.168 e. The zero-order valence-corrected chi connectivity index (χ0v) is 8.82. The van der Waals surface area contributed by atoms with E-state index >= 15 is 0 Å². The first-order valence-electron chi connectivity index (χ1n) is 5.04. The normalized spacial score (nSPS) is 10.1. The summed E-state index contributed by atoms with van der Waals surface area (Å²) in [4.78, 5) is 0. The van der Waals surface area contributed by atoms with Crippen molar-refractivity contribution in [3.8, 4) is 5.75 Å². The zero-order valence-electron chi connectivity index (χ0n) is 8.82. The van der Waals surface area contributed by atoms with Crippen LogP contribution in [0, 0.1) is 12.7 Å². The van der Waals surface area contributed by atoms with E-state index in [-0.39, 0.29) is 5.75 Å². The van der Waals surface area contributed by atoms with E-state index in [4.69, 9.17) is 4.74 Å². The molecule has 1 radical (unpaired) electrons. The van der Waals surface area contributed by atoms with E-state index in [9.17, 15) is 4.39 Å². The number of rotatable bonds is 3. The molecular formula is C14H12FO. The number of ether oxygens (including phenoxy) is 1. The van der Waals surface area contributed by atoms with Gasteiger partial charge in [-0.25, -0.2) is 4.39 Å². The van der Waals surface area contributed by atoms with Crippen LogP contribution >= 0.6 is 0 Å². The Morgan fingerprint density at radius 3 is 2.50 bits per heavy atom. The Morgan fingerprint density at radius 1 is 1.00 bits per heavy atom. The predicted molar refractivity (Wildman–Crippen MR) is 61.6 cm³/mol. The van der Waals surface area contributed by atoms with Gasteiger partial charge in [0.05, 0.1) is 0 Å². The van der Waals surface area contributed by atoms with Gasteiger partial charge in [0, 0.05) is 0 Å². The van der Waals surface area contributed by atoms with Crippen molar-refractivity contribution in [3.05, 3.63) is 72.4 Å². The fourth-order valence-corrected chi connectivity index (χ4v) is 1.40. The Bertz CT molecular complexity index is 465. The zero-order chi connectivity index (χ0) is 11.4. The quantitative estimate of drug-likeness (QED) is 0.760. The van der Waals surface area contributed by atoms with Crippen molar-refractivity contribution >= 4 is 0 Å². The monoisotopic (exact) mass is 215 g/mol. The molecule has 0 spiro atoms. The van der Waals surface area contributed by atoms with Gasteiger partial charge in [-0.1, -0.05) is 42.5 Å². The number of benzene rings is 2. The van der Waals surface area contributed by atoms with Gasteiger partial charge >= 0.3 is 0 Å². The SMILES string of the molecule is [CH2]c1cccc(OCc2ccccc2)c1F. The van der Waals surface area contributed by atoms with Crippen molar-refractivity contribution in [2.24, 2.45) is 0 Å². The highest BCUT2D eigenvalue weighted by Gasteiger charge is 2.05. The first kappa shape index (κ1) is 10.7. The summed E-state index contributed by atoms with van der Waals surface area (Å²) >= 11 is 0. The fraction of sp³-hybridized carbons (Fsp3) is 0.0714. The molecule has 0 aliphatic heterocycles. The van der Waals surface area contributed by atoms with Crippen LogP contribution in [-0.2, 0) is 6.61 Å². The van der Waals surface area contributed by atoms with Crippen LogP contribution in [0.3, 0.4) is 0 Å². The maximum Gasteiger partial charge on any atom is 0.168 e. The summed E-state index contributed by atoms with van der Waals surface area (Å²) in [7, 11) is 0. The summed E-state index contributed by atoms with van der Waals surface area (Å²) < 4.78 is 18.9. The molecule has 0 bridgehead atoms. The lowest BCUT2D eigenvalue weighted by Gasteiger charge is -2.08. The van der Waals surface area contributed by atoms with Crippen LogP contribution in [0.25, 0.3) is 0 Å². The molecule has 0 aliphatic carbocycles. The fourth-order valence-electron chi connectivity index (χ4n) is 1.40. The van der Waals surface area contributed by atoms with Gasteiger partial charge in [-0.05, 0) is 24.1 Å². The summed E-state index contributed by atoms with van der Waals surface area (Å²) in [5.41, 5.74) is 1.36. The lowest BCUT2D eigenvalue weighted by Crippen LogP contribution is -1.98. The number of hydrogen-bond acceptors (Lipinski definition) is 1. The standard InChI is InChI=1S/C14H12FO/c1-11-6-5-9-13(14(11)15)16-10-12-7-3-2-4-8-12/h2-9H,1,10H2. The average Bonchev–Trinajstić information content (AvgIpc) is 2.32. The Balaban J connectivity index is 2.08. The number of hydrogen-bond donors (Lipinski definition) is 0. The first-order valence-corrected chi connectivity index (χ1v) is 5.04. The van der Waals surface area contributed by atoms with E-state index in [0.717, 1.165) is 5.56 Å². The number of halogens is 1. The molecule has 0 N–H and O–H groups in total. The second-order valence-electron chi connectivity index (χ2n) is 3.50. The van der Waals surface area contributed by atoms with Gasteiger partial charge in [0.25, 0.3) is 0 Å². The Kier molecular flexibility index (Phi) is 3.20. The molecule has 2 aromatic carbocycles. The topological polar surface area (TPSA) is 9.23 Å². The van der Waals surface area contributed by atoms with Crippen molar-refractivity contribution < 1.29 is 9.13 Å². The Labute approximate surface area is 94.5 Å². The molecule has 0 heterocycles. The summed E-state index contributed by atoms with van der Waals surface area (Å²) in [6, 6.07) is 14.6. The lowest BCUT2D eigenvalue weighted by atomic mass is 10.2. The molecule has 16 heavy (non-hydrogen) atoms. The molecule has 2 heteroatoms. The van der Waals surface area contributed by atoms with Gasteiger partial charge in [-0.2, -0.15) is 0 Å². The minimum Gasteiger partial charge on any atom is -0.486 e. The molecule has 0 amide bonds. The van der Waals surface area contributed by atoms with Crippen molar-refractivity contribution in [1.82, 2.24) is 0 Å². The molecule has 0 aromatic heterocycles. The van der Waals surface area contributed by atoms with Crippen LogP contribution in [0.1, 0.15) is 11.1 Å². The second-order valence-corrected chi connectivity index (χ2v) is 3.50. The Morgan fingerprint density at radius 2 is 1.75 bits per heavy atom. The maximum absolute atomic E-state index is 13.5. The highest BCUT2D eigenvalue weighted by molar-refractivity contribution is 5.32. The molecule has 0 aliphatic rings. The van der Waals surface area contributed by atoms with E-state index in [2.05, 4.69) is 6.92 Å². The molecule has 0 fully saturated rings. The van der Waals surface area contributed by atoms with Crippen molar-refractivity contribution in [3.63, 3.8) is 0 Å². The third-order valence-corrected chi connectivity index (χ3v) is 2.28. The van der Waals surface area contributed by atoms with Crippen LogP contribution in [0.2, 0.25) is 0 Å². The van der Waals surface area contributed by atoms with E-state index in [1.807, 2.05) is 30.3 Å². The van der Waals surface area contributed by atoms with E-state index in [1.165, 1.54) is 0 Å². The van der Waals surface area contributed by atoms with Gasteiger partial charge < -0.3 is 4.74 Å². The molecular weight excluding hydrogens is 203 g/mol. The molecule has 0 saturated carbocycles. The predicted octanol–water partition coefficient (Wildman–Crippen LogP) is 3.59. The van der Waals surface area contributed by atoms with E-state index in [1.54, 1.807) is 18.2 Å². The van der Waals surface area contributed by atoms with Crippen LogP contribution < -0.4 is 4.74 Å². The van der Waals surface area contributed by atoms with Gasteiger partial charge in [-0.15, -0.1) is 0 Å². The van der Waals surface area contributed by atoms with E-state index in [0.29, 0.717) is 12.2 Å². The molecule has 0 saturated heterocycles. The Hall–Kier alpha value is -1.83. The minimum atomic E-state index is -0.390. The van der Waals surface area contributed by atoms with Crippen LogP contribution in [0.15, 0.2) is 48.5 Å². The maximum atomic E-state index is 13.5. The van der Waals surface area contributed by atoms with Crippen LogP contribution in [0.4, 0.5) is 4.39 Å². The highest BCUT2D eigenvalue weighted by atomic mass is 19.1. The van der Waals surface area contributed by atoms with Crippen LogP contribution in [0.5, 0.6) is 5.75 Å². The average molecular weight is 215 g/mol. The molecule has 0 unspecified atom stereocenters. The third kappa shape index (κ3) is 2.40. The summed E-state index contributed by atoms with van der Waals surface area (Å²) in [5, 5.41) is 0. The van der Waals surface area contributed by atoms with E-state index < -0.39 is 5.82 Å². The first-order chi connectivity index (χ1) is 7.77. The van der Waals surface area contributed by atoms with Crippen molar-refractivity contribution in [2.45, 2.75) is 6.61 Å². The van der Waals surface area contributed by atoms with Gasteiger partial charge in [0.2, 0.25) is 0 Å². The lowest BCUT2D eigenvalue weighted by molar-refractivity contribution is 0.290. The van der Waals surface area contributed by atoms with Crippen molar-refractivity contribution in [1.29, 1.82) is 0 Å². The summed E-state index contributed by atoms with van der Waals surface area (Å²) in [6.07, 6.45) is 0. The van der Waals surface area contributed by atoms with Crippen molar-refractivity contribution in [2.75, 3.05) is 0 Å². The van der Waals surface area contributed by atoms with Gasteiger partial charge in [0.15, 0.2) is 11.6 Å². The molecule has 0 atom stereocenters. The summed E-state index contributed by atoms with van der Waals surface area (Å²) in [6.45, 7) is 3.94. The minimum absolute atomic E-state index is 0.247. The molecule has 2 rings (SSSR count). The molecule has 1 nitrogen and oxygen atoms in total. The second kappa shape index (κ2) is 4.79. The highest BCUT2D eigenvalue weighted by Crippen LogP contribution is 2.20. The third-order valence-electron chi connectivity index (χ3n) is 2.28. The van der Waals surface area contributed by atoms with Gasteiger partial charge in [0.1, 0.15) is 6.61 Å². The summed E-state index contributed by atoms with van der Waals surface area (Å²) in [5.74, 6) is -0.144.